The summed E-state index contributed by atoms with van der Waals surface area (Å²) in [7, 11) is 1.91. The Hall–Kier alpha value is -1.55. The van der Waals surface area contributed by atoms with E-state index in [2.05, 4.69) is 17.6 Å². The number of hydrogen-bond donors (Lipinski definition) is 2. The van der Waals surface area contributed by atoms with Crippen molar-refractivity contribution in [2.45, 2.75) is 26.3 Å². The maximum atomic E-state index is 11.4. The van der Waals surface area contributed by atoms with E-state index in [1.54, 1.807) is 0 Å². The lowest BCUT2D eigenvalue weighted by atomic mass is 10.1. The molecule has 0 spiro atoms. The molecule has 0 aliphatic rings. The number of nitrogens with one attached hydrogen (secondary N) is 2. The van der Waals surface area contributed by atoms with E-state index in [1.165, 1.54) is 0 Å². The van der Waals surface area contributed by atoms with Crippen molar-refractivity contribution in [1.82, 2.24) is 10.6 Å². The molecule has 18 heavy (non-hydrogen) atoms. The molecule has 4 nitrogen and oxygen atoms in total. The lowest BCUT2D eigenvalue weighted by Gasteiger charge is -2.12. The third-order valence-corrected chi connectivity index (χ3v) is 2.73. The second-order valence-electron chi connectivity index (χ2n) is 4.22. The first-order chi connectivity index (χ1) is 8.67. The van der Waals surface area contributed by atoms with E-state index in [-0.39, 0.29) is 18.6 Å². The summed E-state index contributed by atoms with van der Waals surface area (Å²) in [6, 6.07) is 8.04. The van der Waals surface area contributed by atoms with Gasteiger partial charge in [-0.25, -0.2) is 0 Å². The van der Waals surface area contributed by atoms with Crippen LogP contribution in [0.15, 0.2) is 24.3 Å². The summed E-state index contributed by atoms with van der Waals surface area (Å²) in [5.74, 6) is 0.644. The van der Waals surface area contributed by atoms with Crippen LogP contribution in [-0.2, 0) is 4.79 Å². The van der Waals surface area contributed by atoms with Gasteiger partial charge < -0.3 is 15.4 Å². The fourth-order valence-electron chi connectivity index (χ4n) is 1.50. The summed E-state index contributed by atoms with van der Waals surface area (Å²) in [5.41, 5.74) is 1.14. The lowest BCUT2D eigenvalue weighted by molar-refractivity contribution is -0.123. The van der Waals surface area contributed by atoms with Crippen LogP contribution >= 0.6 is 0 Å². The van der Waals surface area contributed by atoms with E-state index in [0.29, 0.717) is 6.54 Å². The van der Waals surface area contributed by atoms with Gasteiger partial charge in [-0.05, 0) is 38.1 Å². The molecular formula is C14H22N2O2. The molecule has 0 saturated heterocycles. The zero-order chi connectivity index (χ0) is 13.4. The Balaban J connectivity index is 2.49. The van der Waals surface area contributed by atoms with E-state index in [0.717, 1.165) is 17.7 Å². The minimum atomic E-state index is -0.0797. The van der Waals surface area contributed by atoms with Gasteiger partial charge in [-0.15, -0.1) is 0 Å². The monoisotopic (exact) mass is 250 g/mol. The van der Waals surface area contributed by atoms with Gasteiger partial charge in [0.2, 0.25) is 0 Å². The SMILES string of the molecule is CCCNC(=O)COc1cccc(C(C)NC)c1. The molecule has 0 heterocycles. The molecular weight excluding hydrogens is 228 g/mol. The molecule has 1 aromatic carbocycles. The molecule has 1 amide bonds. The van der Waals surface area contributed by atoms with Crippen LogP contribution in [0.3, 0.4) is 0 Å². The Morgan fingerprint density at radius 3 is 2.89 bits per heavy atom. The van der Waals surface area contributed by atoms with Gasteiger partial charge in [-0.3, -0.25) is 4.79 Å². The van der Waals surface area contributed by atoms with E-state index in [9.17, 15) is 4.79 Å². The van der Waals surface area contributed by atoms with Gasteiger partial charge >= 0.3 is 0 Å². The first-order valence-electron chi connectivity index (χ1n) is 6.34. The topological polar surface area (TPSA) is 50.4 Å². The molecule has 0 fully saturated rings. The third kappa shape index (κ3) is 4.75. The Kier molecular flexibility index (Phi) is 6.22. The van der Waals surface area contributed by atoms with Crippen LogP contribution in [0.5, 0.6) is 5.75 Å². The molecule has 1 aromatic rings. The van der Waals surface area contributed by atoms with Crippen LogP contribution in [0.2, 0.25) is 0 Å². The van der Waals surface area contributed by atoms with Crippen LogP contribution in [0, 0.1) is 0 Å². The largest absolute Gasteiger partial charge is 0.484 e. The predicted octanol–water partition coefficient (Wildman–Crippen LogP) is 1.87. The smallest absolute Gasteiger partial charge is 0.257 e. The highest BCUT2D eigenvalue weighted by atomic mass is 16.5. The van der Waals surface area contributed by atoms with Gasteiger partial charge in [0.25, 0.3) is 5.91 Å². The van der Waals surface area contributed by atoms with Crippen molar-refractivity contribution in [3.63, 3.8) is 0 Å². The van der Waals surface area contributed by atoms with Crippen LogP contribution in [0.25, 0.3) is 0 Å². The van der Waals surface area contributed by atoms with Crippen molar-refractivity contribution in [2.24, 2.45) is 0 Å². The van der Waals surface area contributed by atoms with Gasteiger partial charge in [-0.1, -0.05) is 19.1 Å². The predicted molar refractivity (Wildman–Crippen MR) is 72.7 cm³/mol. The molecule has 2 N–H and O–H groups in total. The Morgan fingerprint density at radius 2 is 2.22 bits per heavy atom. The van der Waals surface area contributed by atoms with Crippen LogP contribution in [-0.4, -0.2) is 26.1 Å². The zero-order valence-corrected chi connectivity index (χ0v) is 11.3. The number of carbonyl (C=O) groups excluding carboxylic acids is 1. The normalized spacial score (nSPS) is 11.9. The summed E-state index contributed by atoms with van der Waals surface area (Å²) < 4.78 is 5.46. The Morgan fingerprint density at radius 1 is 1.44 bits per heavy atom. The highest BCUT2D eigenvalue weighted by Crippen LogP contribution is 2.18. The van der Waals surface area contributed by atoms with Gasteiger partial charge in [0.05, 0.1) is 0 Å². The number of benzene rings is 1. The molecule has 0 bridgehead atoms. The molecule has 0 aromatic heterocycles. The number of rotatable bonds is 7. The highest BCUT2D eigenvalue weighted by molar-refractivity contribution is 5.77. The van der Waals surface area contributed by atoms with Crippen molar-refractivity contribution in [2.75, 3.05) is 20.2 Å². The molecule has 0 aliphatic carbocycles. The number of hydrogen-bond acceptors (Lipinski definition) is 3. The van der Waals surface area contributed by atoms with Crippen LogP contribution in [0.4, 0.5) is 0 Å². The van der Waals surface area contributed by atoms with Crippen molar-refractivity contribution >= 4 is 5.91 Å². The van der Waals surface area contributed by atoms with Gasteiger partial charge in [-0.2, -0.15) is 0 Å². The van der Waals surface area contributed by atoms with E-state index < -0.39 is 0 Å². The van der Waals surface area contributed by atoms with E-state index >= 15 is 0 Å². The minimum absolute atomic E-state index is 0.0669. The average Bonchev–Trinajstić information content (AvgIpc) is 2.42. The maximum absolute atomic E-state index is 11.4. The van der Waals surface area contributed by atoms with Crippen molar-refractivity contribution in [3.05, 3.63) is 29.8 Å². The first-order valence-corrected chi connectivity index (χ1v) is 6.34. The standard InChI is InChI=1S/C14H22N2O2/c1-4-8-16-14(17)10-18-13-7-5-6-12(9-13)11(2)15-3/h5-7,9,11,15H,4,8,10H2,1-3H3,(H,16,17). The van der Waals surface area contributed by atoms with E-state index in [4.69, 9.17) is 4.74 Å². The molecule has 100 valence electrons. The highest BCUT2D eigenvalue weighted by Gasteiger charge is 2.05. The molecule has 0 radical (unpaired) electrons. The molecule has 1 atom stereocenters. The quantitative estimate of drug-likeness (QED) is 0.776. The fourth-order valence-corrected chi connectivity index (χ4v) is 1.50. The average molecular weight is 250 g/mol. The van der Waals surface area contributed by atoms with Crippen molar-refractivity contribution < 1.29 is 9.53 Å². The summed E-state index contributed by atoms with van der Waals surface area (Å²) in [5, 5.41) is 5.94. The fraction of sp³-hybridized carbons (Fsp3) is 0.500. The number of amides is 1. The summed E-state index contributed by atoms with van der Waals surface area (Å²) in [4.78, 5) is 11.4. The summed E-state index contributed by atoms with van der Waals surface area (Å²) >= 11 is 0. The minimum Gasteiger partial charge on any atom is -0.484 e. The molecule has 1 rings (SSSR count). The lowest BCUT2D eigenvalue weighted by Crippen LogP contribution is -2.29. The Bertz CT molecular complexity index is 380. The van der Waals surface area contributed by atoms with Crippen molar-refractivity contribution in [1.29, 1.82) is 0 Å². The Labute approximate surface area is 109 Å². The molecule has 0 aliphatic heterocycles. The van der Waals surface area contributed by atoms with E-state index in [1.807, 2.05) is 38.2 Å². The number of carbonyl (C=O) groups is 1. The molecule has 0 saturated carbocycles. The summed E-state index contributed by atoms with van der Waals surface area (Å²) in [6.07, 6.45) is 0.931. The maximum Gasteiger partial charge on any atom is 0.257 e. The zero-order valence-electron chi connectivity index (χ0n) is 11.3. The summed E-state index contributed by atoms with van der Waals surface area (Å²) in [6.45, 7) is 4.85. The first kappa shape index (κ1) is 14.5. The molecule has 4 heteroatoms. The molecule has 1 unspecified atom stereocenters. The van der Waals surface area contributed by atoms with Gasteiger partial charge in [0.15, 0.2) is 6.61 Å². The second kappa shape index (κ2) is 7.71. The van der Waals surface area contributed by atoms with Gasteiger partial charge in [0, 0.05) is 12.6 Å². The van der Waals surface area contributed by atoms with Crippen LogP contribution in [0.1, 0.15) is 31.9 Å². The van der Waals surface area contributed by atoms with Crippen molar-refractivity contribution in [3.8, 4) is 5.75 Å². The second-order valence-corrected chi connectivity index (χ2v) is 4.22. The van der Waals surface area contributed by atoms with Gasteiger partial charge in [0.1, 0.15) is 5.75 Å². The third-order valence-electron chi connectivity index (χ3n) is 2.73. The van der Waals surface area contributed by atoms with Crippen LogP contribution < -0.4 is 15.4 Å². The number of ether oxygens (including phenoxy) is 1.